The molecule has 4 heteroatoms. The third-order valence-corrected chi connectivity index (χ3v) is 3.29. The van der Waals surface area contributed by atoms with Gasteiger partial charge in [-0.15, -0.1) is 0 Å². The van der Waals surface area contributed by atoms with Gasteiger partial charge >= 0.3 is 0 Å². The fourth-order valence-electron chi connectivity index (χ4n) is 1.87. The highest BCUT2D eigenvalue weighted by Crippen LogP contribution is 2.17. The first-order valence-corrected chi connectivity index (χ1v) is 6.99. The summed E-state index contributed by atoms with van der Waals surface area (Å²) < 4.78 is 0. The molecular weight excluding hydrogens is 298 g/mol. The fourth-order valence-corrected chi connectivity index (χ4v) is 2.09. The van der Waals surface area contributed by atoms with E-state index in [0.29, 0.717) is 5.69 Å². The molecule has 0 unspecified atom stereocenters. The summed E-state index contributed by atoms with van der Waals surface area (Å²) in [7, 11) is 0. The van der Waals surface area contributed by atoms with Crippen molar-refractivity contribution >= 4 is 35.2 Å². The third kappa shape index (κ3) is 3.71. The quantitative estimate of drug-likeness (QED) is 0.783. The van der Waals surface area contributed by atoms with Gasteiger partial charge in [0.05, 0.1) is 5.69 Å². The van der Waals surface area contributed by atoms with E-state index in [9.17, 15) is 9.59 Å². The molecule has 1 heterocycles. The van der Waals surface area contributed by atoms with E-state index in [1.807, 2.05) is 30.3 Å². The molecule has 2 amide bonds. The van der Waals surface area contributed by atoms with E-state index < -0.39 is 0 Å². The molecule has 0 radical (unpaired) electrons. The lowest BCUT2D eigenvalue weighted by Gasteiger charge is -2.12. The molecule has 1 aliphatic rings. The van der Waals surface area contributed by atoms with Crippen molar-refractivity contribution in [2.24, 2.45) is 0 Å². The number of para-hydroxylation sites is 1. The number of halogens is 1. The van der Waals surface area contributed by atoms with Crippen LogP contribution in [-0.2, 0) is 9.59 Å². The smallest absolute Gasteiger partial charge is 0.258 e. The lowest BCUT2D eigenvalue weighted by atomic mass is 10.2. The largest absolute Gasteiger partial charge is 0.269 e. The fraction of sp³-hybridized carbons (Fsp3) is 0. The minimum Gasteiger partial charge on any atom is -0.269 e. The highest BCUT2D eigenvalue weighted by molar-refractivity contribution is 6.32. The number of carbonyl (C=O) groups is 2. The van der Waals surface area contributed by atoms with Crippen LogP contribution in [0.15, 0.2) is 73.3 Å². The molecule has 0 N–H and O–H groups in total. The summed E-state index contributed by atoms with van der Waals surface area (Å²) in [5.74, 6) is -0.563. The number of anilines is 1. The van der Waals surface area contributed by atoms with Gasteiger partial charge in [-0.3, -0.25) is 9.59 Å². The Balaban J connectivity index is 0.000000172. The summed E-state index contributed by atoms with van der Waals surface area (Å²) in [5.41, 5.74) is 1.60. The Bertz CT molecular complexity index is 705. The third-order valence-electron chi connectivity index (χ3n) is 2.95. The van der Waals surface area contributed by atoms with E-state index in [2.05, 4.69) is 6.58 Å². The zero-order valence-corrected chi connectivity index (χ0v) is 12.5. The van der Waals surface area contributed by atoms with Crippen LogP contribution in [0.2, 0.25) is 5.02 Å². The van der Waals surface area contributed by atoms with Gasteiger partial charge in [0, 0.05) is 17.2 Å². The van der Waals surface area contributed by atoms with Crippen molar-refractivity contribution < 1.29 is 9.59 Å². The lowest BCUT2D eigenvalue weighted by molar-refractivity contribution is -0.119. The molecule has 3 nitrogen and oxygen atoms in total. The number of hydrogen-bond acceptors (Lipinski definition) is 2. The second-order valence-corrected chi connectivity index (χ2v) is 4.81. The first-order valence-electron chi connectivity index (χ1n) is 6.61. The first-order chi connectivity index (χ1) is 10.6. The minimum atomic E-state index is -0.281. The zero-order chi connectivity index (χ0) is 15.9. The Morgan fingerprint density at radius 2 is 1.41 bits per heavy atom. The normalized spacial score (nSPS) is 12.9. The maximum absolute atomic E-state index is 11.2. The Morgan fingerprint density at radius 1 is 0.864 bits per heavy atom. The van der Waals surface area contributed by atoms with Crippen molar-refractivity contribution in [2.75, 3.05) is 4.90 Å². The van der Waals surface area contributed by atoms with Gasteiger partial charge in [0.1, 0.15) is 0 Å². The average molecular weight is 312 g/mol. The van der Waals surface area contributed by atoms with E-state index in [1.165, 1.54) is 12.2 Å². The van der Waals surface area contributed by atoms with E-state index in [0.717, 1.165) is 15.5 Å². The number of amides is 2. The molecule has 2 aromatic rings. The van der Waals surface area contributed by atoms with Crippen molar-refractivity contribution in [1.29, 1.82) is 0 Å². The van der Waals surface area contributed by atoms with Gasteiger partial charge in [-0.2, -0.15) is 0 Å². The standard InChI is InChI=1S/C10H7NO2.C8H7Cl/c12-9-6-7-10(13)11(9)8-4-2-1-3-5-8;1-2-7-5-3-4-6-8(7)9/h1-7H;2-6H,1H2. The zero-order valence-electron chi connectivity index (χ0n) is 11.8. The number of rotatable bonds is 2. The molecule has 0 saturated carbocycles. The monoisotopic (exact) mass is 311 g/mol. The number of carbonyl (C=O) groups excluding carboxylic acids is 2. The number of nitrogens with zero attached hydrogens (tertiary/aromatic N) is 1. The van der Waals surface area contributed by atoms with Crippen LogP contribution >= 0.6 is 11.6 Å². The van der Waals surface area contributed by atoms with Crippen molar-refractivity contribution in [3.05, 3.63) is 83.9 Å². The van der Waals surface area contributed by atoms with Gasteiger partial charge in [-0.05, 0) is 23.8 Å². The van der Waals surface area contributed by atoms with Crippen LogP contribution in [0.3, 0.4) is 0 Å². The summed E-state index contributed by atoms with van der Waals surface area (Å²) in [4.78, 5) is 23.5. The summed E-state index contributed by atoms with van der Waals surface area (Å²) in [5, 5.41) is 0.757. The van der Waals surface area contributed by atoms with Crippen molar-refractivity contribution in [3.63, 3.8) is 0 Å². The van der Waals surface area contributed by atoms with Crippen molar-refractivity contribution in [3.8, 4) is 0 Å². The van der Waals surface area contributed by atoms with Gasteiger partial charge in [0.25, 0.3) is 11.8 Å². The molecule has 3 rings (SSSR count). The van der Waals surface area contributed by atoms with Crippen molar-refractivity contribution in [2.45, 2.75) is 0 Å². The second kappa shape index (κ2) is 7.38. The van der Waals surface area contributed by atoms with Gasteiger partial charge < -0.3 is 0 Å². The molecule has 0 spiro atoms. The Labute approximate surface area is 134 Å². The van der Waals surface area contributed by atoms with Crippen LogP contribution in [0.25, 0.3) is 6.08 Å². The summed E-state index contributed by atoms with van der Waals surface area (Å²) in [6.45, 7) is 3.61. The predicted molar refractivity (Wildman–Crippen MR) is 89.6 cm³/mol. The average Bonchev–Trinajstić information content (AvgIpc) is 2.88. The predicted octanol–water partition coefficient (Wildman–Crippen LogP) is 4.10. The van der Waals surface area contributed by atoms with E-state index in [-0.39, 0.29) is 11.8 Å². The molecule has 0 saturated heterocycles. The van der Waals surface area contributed by atoms with Crippen LogP contribution in [-0.4, -0.2) is 11.8 Å². The molecule has 0 bridgehead atoms. The van der Waals surface area contributed by atoms with Crippen LogP contribution < -0.4 is 4.90 Å². The Kier molecular flexibility index (Phi) is 5.28. The molecule has 110 valence electrons. The first kappa shape index (κ1) is 15.7. The van der Waals surface area contributed by atoms with Gasteiger partial charge in [0.15, 0.2) is 0 Å². The molecule has 0 aliphatic carbocycles. The maximum atomic E-state index is 11.2. The van der Waals surface area contributed by atoms with Gasteiger partial charge in [-0.25, -0.2) is 4.90 Å². The summed E-state index contributed by atoms with van der Waals surface area (Å²) in [6, 6.07) is 16.5. The topological polar surface area (TPSA) is 37.4 Å². The lowest BCUT2D eigenvalue weighted by Crippen LogP contribution is -2.29. The molecule has 0 atom stereocenters. The van der Waals surface area contributed by atoms with Crippen molar-refractivity contribution in [1.82, 2.24) is 0 Å². The molecule has 0 fully saturated rings. The highest BCUT2D eigenvalue weighted by atomic mass is 35.5. The molecule has 22 heavy (non-hydrogen) atoms. The highest BCUT2D eigenvalue weighted by Gasteiger charge is 2.24. The Hall–Kier alpha value is -2.65. The molecule has 2 aromatic carbocycles. The SMILES string of the molecule is C=Cc1ccccc1Cl.O=C1C=CC(=O)N1c1ccccc1. The number of imide groups is 1. The summed E-state index contributed by atoms with van der Waals surface area (Å²) >= 11 is 5.75. The Morgan fingerprint density at radius 3 is 1.91 bits per heavy atom. The summed E-state index contributed by atoms with van der Waals surface area (Å²) in [6.07, 6.45) is 4.28. The number of hydrogen-bond donors (Lipinski definition) is 0. The van der Waals surface area contributed by atoms with Gasteiger partial charge in [-0.1, -0.05) is 60.7 Å². The van der Waals surface area contributed by atoms with Crippen LogP contribution in [0, 0.1) is 0 Å². The maximum Gasteiger partial charge on any atom is 0.258 e. The van der Waals surface area contributed by atoms with E-state index >= 15 is 0 Å². The van der Waals surface area contributed by atoms with Gasteiger partial charge in [0.2, 0.25) is 0 Å². The van der Waals surface area contributed by atoms with E-state index in [1.54, 1.807) is 30.3 Å². The molecule has 1 aliphatic heterocycles. The molecule has 0 aromatic heterocycles. The van der Waals surface area contributed by atoms with Crippen LogP contribution in [0.5, 0.6) is 0 Å². The molecular formula is C18H14ClNO2. The second-order valence-electron chi connectivity index (χ2n) is 4.41. The van der Waals surface area contributed by atoms with Crippen LogP contribution in [0.1, 0.15) is 5.56 Å². The number of benzene rings is 2. The van der Waals surface area contributed by atoms with E-state index in [4.69, 9.17) is 11.6 Å². The minimum absolute atomic E-state index is 0.281. The van der Waals surface area contributed by atoms with Crippen LogP contribution in [0.4, 0.5) is 5.69 Å².